The first-order chi connectivity index (χ1) is 61.7. The zero-order valence-corrected chi connectivity index (χ0v) is 91.0. The van der Waals surface area contributed by atoms with Crippen molar-refractivity contribution in [2.45, 2.75) is 403 Å². The molecule has 0 aromatic heterocycles. The maximum Gasteiger partial charge on any atom is 0.419 e. The Morgan fingerprint density at radius 3 is 0.857 bits per heavy atom. The maximum absolute atomic E-state index is 12.9. The molecule has 0 amide bonds. The van der Waals surface area contributed by atoms with Gasteiger partial charge in [-0.15, -0.1) is 0 Å². The van der Waals surface area contributed by atoms with E-state index in [1.807, 2.05) is 27.2 Å². The lowest BCUT2D eigenvalue weighted by Crippen LogP contribution is -2.49. The van der Waals surface area contributed by atoms with Crippen LogP contribution in [0.1, 0.15) is 338 Å². The molecule has 9 aliphatic rings. The molecule has 0 saturated heterocycles. The molecule has 0 radical (unpaired) electrons. The van der Waals surface area contributed by atoms with Crippen LogP contribution in [0.15, 0.2) is 71.2 Å². The van der Waals surface area contributed by atoms with Gasteiger partial charge in [-0.3, -0.25) is 24.5 Å². The first-order valence-corrected chi connectivity index (χ1v) is 52.0. The summed E-state index contributed by atoms with van der Waals surface area (Å²) in [6, 6.07) is 26.7. The molecule has 5 aromatic carbocycles. The number of halogens is 4. The third-order valence-corrected chi connectivity index (χ3v) is 32.6. The van der Waals surface area contributed by atoms with E-state index in [2.05, 4.69) is 315 Å². The molecule has 4 bridgehead atoms. The van der Waals surface area contributed by atoms with Crippen molar-refractivity contribution in [2.24, 2.45) is 17.8 Å². The average Bonchev–Trinajstić information content (AvgIpc) is 0.720. The number of aromatic hydroxyl groups is 5. The van der Waals surface area contributed by atoms with E-state index < -0.39 is 17.5 Å². The molecule has 0 unspecified atom stereocenters. The van der Waals surface area contributed by atoms with Crippen LogP contribution in [0.4, 0.5) is 18.9 Å². The molecule has 9 fully saturated rings. The standard InChI is InChI=1S/C30H48N2O.C24H42N2O.C22H39N3O.C20H33BrN2O.C17H25F3N2O/c1-29(2,3)24-14-23(19-32(6)27-10-8-7-9-26(27)31(4)5)28(33)25(15-24)30-16-20-11-21(17-30)13-22(12-20)18-30;1-23(2,3)18-14-17(22(27)19(15-18)24(4,5)6)16-26(9)21-13-11-10-12-20(21)25(7)8;1-22(2,3)18-14-17(23(4)5)13-16(21(18)26)15-25(8)20-12-10-9-11-19(20)24(6)7;1-20(2,3)16-12-15(21)11-14(19(16)24)13-23(6)18-10-8-7-9-17(18)22(4)5;1-21(2)14-9-4-5-10-15(14)22(3)11-12-7-6-8-13(16(12)23)17(18,19)20/h14-15,20-22,26-27,33H,7-13,16-19H2,1-6H3;14-15,20-21,27H,10-13,16H2,1-9H3;13-14,19-20,26H,9-12,15H2,1-8H3;11-12,17-18,24H,7-10,13H2,1-6H3;6-8,14-15,23H,4-5,9-11H2,1-3H3/t20?,21?,22?,26-,27-,30?;20-,21-;19-,20-;17-,18-;14-,15-/m11111/s1. The summed E-state index contributed by atoms with van der Waals surface area (Å²) in [5.41, 5.74) is 12.1. The fourth-order valence-corrected chi connectivity index (χ4v) is 25.3. The van der Waals surface area contributed by atoms with E-state index in [1.54, 1.807) is 6.07 Å². The topological polar surface area (TPSA) is 137 Å². The van der Waals surface area contributed by atoms with E-state index in [1.165, 1.54) is 176 Å². The fourth-order valence-electron chi connectivity index (χ4n) is 24.8. The number of hydrogen-bond acceptors (Lipinski definition) is 16. The van der Waals surface area contributed by atoms with Crippen LogP contribution in [-0.2, 0) is 71.4 Å². The van der Waals surface area contributed by atoms with Gasteiger partial charge < -0.3 is 54.9 Å². The van der Waals surface area contributed by atoms with E-state index in [0.29, 0.717) is 89.5 Å². The van der Waals surface area contributed by atoms with Gasteiger partial charge in [0, 0.05) is 162 Å². The Labute approximate surface area is 816 Å². The number of phenolic OH excluding ortho intramolecular Hbond substituents is 5. The van der Waals surface area contributed by atoms with Gasteiger partial charge in [0.25, 0.3) is 0 Å². The van der Waals surface area contributed by atoms with Crippen molar-refractivity contribution in [1.82, 2.24) is 49.0 Å². The number of alkyl halides is 3. The van der Waals surface area contributed by atoms with Crippen molar-refractivity contribution in [2.75, 3.05) is 125 Å². The van der Waals surface area contributed by atoms with Gasteiger partial charge in [-0.1, -0.05) is 220 Å². The summed E-state index contributed by atoms with van der Waals surface area (Å²) in [5.74, 6) is 4.06. The van der Waals surface area contributed by atoms with Crippen molar-refractivity contribution >= 4 is 21.6 Å². The van der Waals surface area contributed by atoms with Crippen LogP contribution in [0.2, 0.25) is 0 Å². The fraction of sp³-hybridized carbons (Fsp3) is 0.735. The zero-order valence-electron chi connectivity index (χ0n) is 89.4. The number of benzene rings is 5. The second-order valence-corrected chi connectivity index (χ2v) is 50.1. The number of phenols is 5. The monoisotopic (exact) mass is 1910 g/mol. The van der Waals surface area contributed by atoms with Gasteiger partial charge in [-0.25, -0.2) is 0 Å². The van der Waals surface area contributed by atoms with Gasteiger partial charge in [-0.2, -0.15) is 13.2 Å². The van der Waals surface area contributed by atoms with Crippen molar-refractivity contribution in [3.05, 3.63) is 138 Å². The van der Waals surface area contributed by atoms with Gasteiger partial charge >= 0.3 is 6.18 Å². The molecule has 5 N–H and O–H groups in total. The molecule has 9 aliphatic carbocycles. The summed E-state index contributed by atoms with van der Waals surface area (Å²) in [6.45, 7) is 36.8. The van der Waals surface area contributed by atoms with E-state index in [0.717, 1.165) is 113 Å². The quantitative estimate of drug-likeness (QED) is 0.0449. The van der Waals surface area contributed by atoms with Crippen LogP contribution in [0, 0.1) is 17.8 Å². The lowest BCUT2D eigenvalue weighted by molar-refractivity contribution is -0.138. The molecule has 752 valence electrons. The highest BCUT2D eigenvalue weighted by Gasteiger charge is 2.53. The van der Waals surface area contributed by atoms with Crippen molar-refractivity contribution in [1.29, 1.82) is 0 Å². The Hall–Kier alpha value is -5.23. The van der Waals surface area contributed by atoms with E-state index >= 15 is 0 Å². The summed E-state index contributed by atoms with van der Waals surface area (Å²) in [5, 5.41) is 54.7. The van der Waals surface area contributed by atoms with Crippen molar-refractivity contribution in [3.63, 3.8) is 0 Å². The second-order valence-electron chi connectivity index (χ2n) is 49.2. The Morgan fingerprint density at radius 1 is 0.301 bits per heavy atom. The lowest BCUT2D eigenvalue weighted by Gasteiger charge is -2.57. The Morgan fingerprint density at radius 2 is 0.564 bits per heavy atom. The minimum Gasteiger partial charge on any atom is -0.507 e. The van der Waals surface area contributed by atoms with Gasteiger partial charge in [-0.05, 0) is 306 Å². The van der Waals surface area contributed by atoms with E-state index in [4.69, 9.17) is 0 Å². The highest BCUT2D eigenvalue weighted by molar-refractivity contribution is 9.10. The predicted octanol–water partition coefficient (Wildman–Crippen LogP) is 24.3. The Balaban J connectivity index is 0.000000188. The first kappa shape index (κ1) is 111. The molecule has 0 heterocycles. The number of nitrogens with zero attached hydrogens (tertiary/aromatic N) is 11. The number of para-hydroxylation sites is 1. The molecule has 5 aromatic rings. The van der Waals surface area contributed by atoms with Crippen LogP contribution in [0.3, 0.4) is 0 Å². The summed E-state index contributed by atoms with van der Waals surface area (Å²) in [7, 11) is 36.7. The number of hydrogen-bond donors (Lipinski definition) is 5. The number of likely N-dealkylation sites (N-methyl/N-ethyl adjacent to an activating group) is 10. The molecule has 0 spiro atoms. The highest BCUT2D eigenvalue weighted by Crippen LogP contribution is 2.63. The minimum atomic E-state index is -4.53. The maximum atomic E-state index is 12.9. The van der Waals surface area contributed by atoms with Crippen LogP contribution >= 0.6 is 15.9 Å². The zero-order chi connectivity index (χ0) is 99.0. The molecular weight excluding hydrogens is 1730 g/mol. The summed E-state index contributed by atoms with van der Waals surface area (Å²) in [4.78, 5) is 25.8. The van der Waals surface area contributed by atoms with Gasteiger partial charge in [0.05, 0.1) is 5.56 Å². The molecule has 10 atom stereocenters. The average molecular weight is 1920 g/mol. The summed E-state index contributed by atoms with van der Waals surface area (Å²) >= 11 is 3.62. The Bertz CT molecular complexity index is 4480. The van der Waals surface area contributed by atoms with Crippen LogP contribution in [0.5, 0.6) is 28.7 Å². The second kappa shape index (κ2) is 46.5. The lowest BCUT2D eigenvalue weighted by atomic mass is 9.47. The van der Waals surface area contributed by atoms with Gasteiger partial charge in [0.2, 0.25) is 0 Å². The third kappa shape index (κ3) is 29.0. The minimum absolute atomic E-state index is 0.0675. The highest BCUT2D eigenvalue weighted by atomic mass is 79.9. The normalized spacial score (nSPS) is 25.6. The van der Waals surface area contributed by atoms with E-state index in [9.17, 15) is 38.7 Å². The van der Waals surface area contributed by atoms with Crippen LogP contribution < -0.4 is 4.90 Å². The molecule has 16 nitrogen and oxygen atoms in total. The molecule has 133 heavy (non-hydrogen) atoms. The molecule has 20 heteroatoms. The third-order valence-electron chi connectivity index (χ3n) is 32.1. The smallest absolute Gasteiger partial charge is 0.419 e. The number of rotatable bonds is 22. The SMILES string of the molecule is CN(C)[C@@H]1CCCC[C@H]1N(C)Cc1cc(Br)cc(C(C)(C)C)c1O.CN(C)[C@@H]1CCCC[C@H]1N(C)Cc1cc(C(C)(C)C)cc(C(C)(C)C)c1O.CN(C)[C@@H]1CCCC[C@H]1N(C)Cc1cc(C(C)(C)C)cc(C23CC4CC(CC(C4)C2)C3)c1O.CN(C)[C@@H]1CCCC[C@H]1N(C)Cc1cccc(C(F)(F)F)c1O.CN(C)c1cc(CN(C)[C@@H]2CCCC[C@H]2N(C)C)c(O)c(C(C)(C)C)c1. The summed E-state index contributed by atoms with van der Waals surface area (Å²) in [6.07, 6.45) is 28.8. The molecule has 0 aliphatic heterocycles. The van der Waals surface area contributed by atoms with Crippen LogP contribution in [0.25, 0.3) is 0 Å². The molecule has 9 saturated carbocycles. The Kier molecular flexibility index (Phi) is 38.9. The molecule has 14 rings (SSSR count). The largest absolute Gasteiger partial charge is 0.507 e. The first-order valence-electron chi connectivity index (χ1n) is 51.2. The summed E-state index contributed by atoms with van der Waals surface area (Å²) < 4.78 is 39.8. The van der Waals surface area contributed by atoms with Gasteiger partial charge in [0.1, 0.15) is 28.7 Å². The van der Waals surface area contributed by atoms with Crippen molar-refractivity contribution in [3.8, 4) is 28.7 Å². The van der Waals surface area contributed by atoms with Crippen LogP contribution in [-0.4, -0.2) is 255 Å². The predicted molar refractivity (Wildman–Crippen MR) is 557 cm³/mol. The van der Waals surface area contributed by atoms with E-state index in [-0.39, 0.29) is 38.5 Å². The van der Waals surface area contributed by atoms with Crippen molar-refractivity contribution < 1.29 is 38.7 Å². The molecular formula is C113H187BrF3N11O5. The van der Waals surface area contributed by atoms with Gasteiger partial charge in [0.15, 0.2) is 0 Å². The number of anilines is 1.